The van der Waals surface area contributed by atoms with Gasteiger partial charge in [-0.25, -0.2) is 14.3 Å². The number of carbonyl (C=O) groups excluding carboxylic acids is 1. The molecule has 28 heavy (non-hydrogen) atoms. The fourth-order valence-corrected chi connectivity index (χ4v) is 3.59. The molecule has 0 aliphatic heterocycles. The normalized spacial score (nSPS) is 11.2. The van der Waals surface area contributed by atoms with Crippen LogP contribution in [0, 0.1) is 20.8 Å². The molecule has 142 valence electrons. The van der Waals surface area contributed by atoms with E-state index in [4.69, 9.17) is 9.72 Å². The van der Waals surface area contributed by atoms with Crippen molar-refractivity contribution in [3.8, 4) is 22.4 Å². The predicted octanol–water partition coefficient (Wildman–Crippen LogP) is 3.51. The summed E-state index contributed by atoms with van der Waals surface area (Å²) in [5, 5.41) is 9.06. The highest BCUT2D eigenvalue weighted by Gasteiger charge is 2.23. The first-order chi connectivity index (χ1) is 13.4. The molecular weight excluding hydrogens is 354 g/mol. The summed E-state index contributed by atoms with van der Waals surface area (Å²) in [5.74, 6) is -0.463. The molecule has 1 aromatic carbocycles. The summed E-state index contributed by atoms with van der Waals surface area (Å²) in [6, 6.07) is 11.6. The van der Waals surface area contributed by atoms with Crippen molar-refractivity contribution in [2.75, 3.05) is 7.11 Å². The first-order valence-electron chi connectivity index (χ1n) is 8.97. The summed E-state index contributed by atoms with van der Waals surface area (Å²) in [6.45, 7) is 5.84. The molecular formula is C21H21N5O2. The third-order valence-electron chi connectivity index (χ3n) is 4.99. The molecule has 0 aliphatic rings. The molecule has 0 N–H and O–H groups in total. The lowest BCUT2D eigenvalue weighted by Gasteiger charge is -2.08. The number of aryl methyl sites for hydroxylation is 3. The highest BCUT2D eigenvalue weighted by molar-refractivity contribution is 5.92. The van der Waals surface area contributed by atoms with Crippen molar-refractivity contribution >= 4 is 11.6 Å². The molecule has 4 rings (SSSR count). The minimum Gasteiger partial charge on any atom is -0.464 e. The van der Waals surface area contributed by atoms with Crippen LogP contribution in [0.5, 0.6) is 0 Å². The number of ether oxygens (including phenoxy) is 1. The van der Waals surface area contributed by atoms with Crippen LogP contribution in [0.3, 0.4) is 0 Å². The lowest BCUT2D eigenvalue weighted by molar-refractivity contribution is 0.0590. The van der Waals surface area contributed by atoms with Crippen LogP contribution < -0.4 is 0 Å². The number of fused-ring (bicyclic) bond motifs is 1. The van der Waals surface area contributed by atoms with Crippen LogP contribution in [0.25, 0.3) is 28.0 Å². The van der Waals surface area contributed by atoms with E-state index >= 15 is 0 Å². The number of rotatable bonds is 3. The van der Waals surface area contributed by atoms with E-state index in [0.717, 1.165) is 33.8 Å². The Bertz CT molecular complexity index is 1200. The Morgan fingerprint density at radius 3 is 2.29 bits per heavy atom. The fourth-order valence-electron chi connectivity index (χ4n) is 3.59. The van der Waals surface area contributed by atoms with Crippen molar-refractivity contribution in [3.05, 3.63) is 59.2 Å². The number of methoxy groups -OCH3 is 1. The molecule has 0 aliphatic carbocycles. The van der Waals surface area contributed by atoms with E-state index in [9.17, 15) is 4.79 Å². The maximum Gasteiger partial charge on any atom is 0.356 e. The average Bonchev–Trinajstić information content (AvgIpc) is 3.15. The lowest BCUT2D eigenvalue weighted by Crippen LogP contribution is -2.11. The number of hydrogen-bond acceptors (Lipinski definition) is 5. The van der Waals surface area contributed by atoms with Gasteiger partial charge in [0.1, 0.15) is 0 Å². The molecule has 0 fully saturated rings. The summed E-state index contributed by atoms with van der Waals surface area (Å²) in [6.07, 6.45) is 0. The molecule has 0 bridgehead atoms. The van der Waals surface area contributed by atoms with Crippen LogP contribution in [0.4, 0.5) is 0 Å². The van der Waals surface area contributed by atoms with Gasteiger partial charge in [0.05, 0.1) is 24.2 Å². The van der Waals surface area contributed by atoms with Crippen molar-refractivity contribution < 1.29 is 9.53 Å². The van der Waals surface area contributed by atoms with Crippen LogP contribution in [0.2, 0.25) is 0 Å². The predicted molar refractivity (Wildman–Crippen MR) is 106 cm³/mol. The zero-order valence-electron chi connectivity index (χ0n) is 16.5. The van der Waals surface area contributed by atoms with Gasteiger partial charge in [0.25, 0.3) is 0 Å². The molecule has 0 saturated carbocycles. The van der Waals surface area contributed by atoms with Crippen LogP contribution in [-0.4, -0.2) is 37.5 Å². The maximum atomic E-state index is 12.5. The zero-order chi connectivity index (χ0) is 20.0. The largest absolute Gasteiger partial charge is 0.464 e. The van der Waals surface area contributed by atoms with Crippen LogP contribution in [0.1, 0.15) is 27.6 Å². The van der Waals surface area contributed by atoms with Gasteiger partial charge in [-0.15, -0.1) is 0 Å². The second kappa shape index (κ2) is 6.60. The molecule has 7 heteroatoms. The molecule has 0 spiro atoms. The average molecular weight is 375 g/mol. The van der Waals surface area contributed by atoms with Crippen molar-refractivity contribution in [3.63, 3.8) is 0 Å². The minimum absolute atomic E-state index is 0.329. The van der Waals surface area contributed by atoms with Crippen LogP contribution in [-0.2, 0) is 11.8 Å². The smallest absolute Gasteiger partial charge is 0.356 e. The second-order valence-corrected chi connectivity index (χ2v) is 6.75. The fraction of sp³-hybridized carbons (Fsp3) is 0.238. The van der Waals surface area contributed by atoms with Crippen LogP contribution >= 0.6 is 0 Å². The molecule has 0 unspecified atom stereocenters. The van der Waals surface area contributed by atoms with Gasteiger partial charge < -0.3 is 4.74 Å². The summed E-state index contributed by atoms with van der Waals surface area (Å²) >= 11 is 0. The Hall–Kier alpha value is -3.48. The van der Waals surface area contributed by atoms with E-state index in [0.29, 0.717) is 17.0 Å². The van der Waals surface area contributed by atoms with Gasteiger partial charge in [-0.05, 0) is 32.4 Å². The van der Waals surface area contributed by atoms with Gasteiger partial charge >= 0.3 is 5.97 Å². The monoisotopic (exact) mass is 375 g/mol. The Kier molecular flexibility index (Phi) is 4.22. The van der Waals surface area contributed by atoms with Gasteiger partial charge in [-0.2, -0.15) is 10.2 Å². The molecule has 0 atom stereocenters. The molecule has 0 amide bonds. The van der Waals surface area contributed by atoms with E-state index in [1.165, 1.54) is 7.11 Å². The summed E-state index contributed by atoms with van der Waals surface area (Å²) in [7, 11) is 3.26. The third kappa shape index (κ3) is 2.67. The van der Waals surface area contributed by atoms with E-state index < -0.39 is 5.97 Å². The molecule has 4 aromatic rings. The van der Waals surface area contributed by atoms with Crippen molar-refractivity contribution in [1.82, 2.24) is 24.4 Å². The van der Waals surface area contributed by atoms with Gasteiger partial charge in [0.15, 0.2) is 11.3 Å². The van der Waals surface area contributed by atoms with E-state index in [1.807, 2.05) is 62.8 Å². The first-order valence-corrected chi connectivity index (χ1v) is 8.97. The molecule has 7 nitrogen and oxygen atoms in total. The summed E-state index contributed by atoms with van der Waals surface area (Å²) in [4.78, 5) is 17.4. The van der Waals surface area contributed by atoms with E-state index in [2.05, 4.69) is 10.2 Å². The number of hydrogen-bond donors (Lipinski definition) is 0. The molecule has 0 radical (unpaired) electrons. The minimum atomic E-state index is -0.463. The van der Waals surface area contributed by atoms with E-state index in [-0.39, 0.29) is 0 Å². The van der Waals surface area contributed by atoms with Crippen molar-refractivity contribution in [2.45, 2.75) is 20.8 Å². The SMILES string of the molecule is COC(=O)c1cc(-c2c(C)nn(C)c2C)nc2c(-c3ccccc3)c(C)nn12. The maximum absolute atomic E-state index is 12.5. The quantitative estimate of drug-likeness (QED) is 0.512. The van der Waals surface area contributed by atoms with Crippen molar-refractivity contribution in [2.24, 2.45) is 7.05 Å². The Labute approximate surface area is 162 Å². The summed E-state index contributed by atoms with van der Waals surface area (Å²) < 4.78 is 8.38. The van der Waals surface area contributed by atoms with Gasteiger partial charge in [-0.1, -0.05) is 30.3 Å². The summed E-state index contributed by atoms with van der Waals surface area (Å²) in [5.41, 5.74) is 7.04. The van der Waals surface area contributed by atoms with E-state index in [1.54, 1.807) is 10.6 Å². The van der Waals surface area contributed by atoms with Gasteiger partial charge in [0.2, 0.25) is 0 Å². The van der Waals surface area contributed by atoms with Gasteiger partial charge in [-0.3, -0.25) is 4.68 Å². The Balaban J connectivity index is 2.10. The highest BCUT2D eigenvalue weighted by Crippen LogP contribution is 2.32. The second-order valence-electron chi connectivity index (χ2n) is 6.75. The molecule has 0 saturated heterocycles. The number of benzene rings is 1. The molecule has 3 heterocycles. The van der Waals surface area contributed by atoms with Crippen LogP contribution in [0.15, 0.2) is 36.4 Å². The topological polar surface area (TPSA) is 74.3 Å². The first kappa shape index (κ1) is 17.9. The standard InChI is InChI=1S/C21H21N5O2/c1-12-18(14(3)25(4)23-12)16-11-17(21(27)28-5)26-20(22-16)19(13(2)24-26)15-9-7-6-8-10-15/h6-11H,1-5H3. The Morgan fingerprint density at radius 2 is 1.68 bits per heavy atom. The number of carbonyl (C=O) groups is 1. The number of esters is 1. The third-order valence-corrected chi connectivity index (χ3v) is 4.99. The zero-order valence-corrected chi connectivity index (χ0v) is 16.5. The lowest BCUT2D eigenvalue weighted by atomic mass is 10.1. The highest BCUT2D eigenvalue weighted by atomic mass is 16.5. The van der Waals surface area contributed by atoms with Gasteiger partial charge in [0, 0.05) is 23.9 Å². The number of nitrogens with zero attached hydrogens (tertiary/aromatic N) is 5. The number of aromatic nitrogens is 5. The molecule has 3 aromatic heterocycles. The Morgan fingerprint density at radius 1 is 1.00 bits per heavy atom. The van der Waals surface area contributed by atoms with Crippen molar-refractivity contribution in [1.29, 1.82) is 0 Å².